The summed E-state index contributed by atoms with van der Waals surface area (Å²) in [5, 5.41) is 5.68. The van der Waals surface area contributed by atoms with Crippen LogP contribution in [-0.2, 0) is 16.6 Å². The summed E-state index contributed by atoms with van der Waals surface area (Å²) < 4.78 is 29.9. The molecule has 0 unspecified atom stereocenters. The van der Waals surface area contributed by atoms with E-state index < -0.39 is 10.0 Å². The van der Waals surface area contributed by atoms with Crippen molar-refractivity contribution in [2.45, 2.75) is 46.1 Å². The number of fused-ring (bicyclic) bond motifs is 1. The standard InChI is InChI=1S/C26H30ClN5O3S2/c1-6-30(7-2)37(34,35)22-10-8-20(9-11-22)25(33)31(12-13-32-19(5)15-18(4)29-32)26-28-24-17(3)14-21(27)16-23(24)36-26/h8-11,14-16H,6-7,12-13H2,1-5H3. The van der Waals surface area contributed by atoms with Gasteiger partial charge in [-0.2, -0.15) is 9.40 Å². The van der Waals surface area contributed by atoms with Gasteiger partial charge in [0.2, 0.25) is 10.0 Å². The van der Waals surface area contributed by atoms with Crippen molar-refractivity contribution in [3.63, 3.8) is 0 Å². The van der Waals surface area contributed by atoms with E-state index in [-0.39, 0.29) is 10.8 Å². The number of sulfonamides is 1. The molecule has 0 atom stereocenters. The van der Waals surface area contributed by atoms with E-state index in [1.807, 2.05) is 43.7 Å². The molecule has 0 bridgehead atoms. The van der Waals surface area contributed by atoms with E-state index >= 15 is 0 Å². The quantitative estimate of drug-likeness (QED) is 0.272. The van der Waals surface area contributed by atoms with Crippen molar-refractivity contribution in [3.05, 3.63) is 70.0 Å². The van der Waals surface area contributed by atoms with E-state index in [1.165, 1.54) is 27.8 Å². The highest BCUT2D eigenvalue weighted by Crippen LogP contribution is 2.34. The van der Waals surface area contributed by atoms with Crippen LogP contribution in [0.5, 0.6) is 0 Å². The van der Waals surface area contributed by atoms with Gasteiger partial charge >= 0.3 is 0 Å². The summed E-state index contributed by atoms with van der Waals surface area (Å²) in [5.41, 5.74) is 4.02. The minimum atomic E-state index is -3.62. The molecule has 11 heteroatoms. The summed E-state index contributed by atoms with van der Waals surface area (Å²) in [6.07, 6.45) is 0. The highest BCUT2D eigenvalue weighted by atomic mass is 35.5. The summed E-state index contributed by atoms with van der Waals surface area (Å²) in [6, 6.07) is 11.8. The van der Waals surface area contributed by atoms with E-state index in [1.54, 1.807) is 30.9 Å². The van der Waals surface area contributed by atoms with Crippen LogP contribution in [0.25, 0.3) is 10.2 Å². The monoisotopic (exact) mass is 559 g/mol. The van der Waals surface area contributed by atoms with Gasteiger partial charge in [0.1, 0.15) is 0 Å². The van der Waals surface area contributed by atoms with Crippen LogP contribution in [0.3, 0.4) is 0 Å². The molecular weight excluding hydrogens is 530 g/mol. The molecule has 8 nitrogen and oxygen atoms in total. The number of aromatic nitrogens is 3. The number of hydrogen-bond acceptors (Lipinski definition) is 6. The Kier molecular flexibility index (Phi) is 8.03. The van der Waals surface area contributed by atoms with Crippen molar-refractivity contribution >= 4 is 54.2 Å². The second-order valence-electron chi connectivity index (χ2n) is 8.79. The Hall–Kier alpha value is -2.79. The summed E-state index contributed by atoms with van der Waals surface area (Å²) in [7, 11) is -3.62. The van der Waals surface area contributed by atoms with E-state index in [9.17, 15) is 13.2 Å². The van der Waals surface area contributed by atoms with Gasteiger partial charge < -0.3 is 0 Å². The number of amides is 1. The van der Waals surface area contributed by atoms with Gasteiger partial charge in [-0.15, -0.1) is 0 Å². The van der Waals surface area contributed by atoms with Gasteiger partial charge in [0.05, 0.1) is 27.4 Å². The fourth-order valence-corrected chi connectivity index (χ4v) is 7.18. The Morgan fingerprint density at radius 1 is 1.05 bits per heavy atom. The smallest absolute Gasteiger partial charge is 0.260 e. The zero-order chi connectivity index (χ0) is 26.9. The first kappa shape index (κ1) is 27.3. The lowest BCUT2D eigenvalue weighted by Gasteiger charge is -2.21. The molecule has 0 fully saturated rings. The first-order valence-electron chi connectivity index (χ1n) is 12.0. The van der Waals surface area contributed by atoms with Gasteiger partial charge in [-0.1, -0.05) is 36.8 Å². The molecule has 0 saturated carbocycles. The van der Waals surface area contributed by atoms with Crippen LogP contribution in [0, 0.1) is 20.8 Å². The molecule has 0 spiro atoms. The predicted molar refractivity (Wildman–Crippen MR) is 149 cm³/mol. The molecular formula is C26H30ClN5O3S2. The second-order valence-corrected chi connectivity index (χ2v) is 12.2. The van der Waals surface area contributed by atoms with E-state index in [2.05, 4.69) is 5.10 Å². The third kappa shape index (κ3) is 5.57. The first-order chi connectivity index (χ1) is 17.5. The normalized spacial score (nSPS) is 12.0. The molecule has 0 aliphatic heterocycles. The molecule has 2 aromatic carbocycles. The number of halogens is 1. The Bertz CT molecular complexity index is 1540. The number of thiazole rings is 1. The van der Waals surface area contributed by atoms with Crippen molar-refractivity contribution in [3.8, 4) is 0 Å². The lowest BCUT2D eigenvalue weighted by molar-refractivity contribution is 0.0985. The van der Waals surface area contributed by atoms with Crippen molar-refractivity contribution < 1.29 is 13.2 Å². The number of rotatable bonds is 9. The van der Waals surface area contributed by atoms with Gasteiger partial charge in [0.15, 0.2) is 5.13 Å². The fourth-order valence-electron chi connectivity index (χ4n) is 4.28. The van der Waals surface area contributed by atoms with Gasteiger partial charge in [-0.3, -0.25) is 14.4 Å². The summed E-state index contributed by atoms with van der Waals surface area (Å²) in [6.45, 7) is 11.0. The zero-order valence-corrected chi connectivity index (χ0v) is 23.9. The third-order valence-corrected chi connectivity index (χ3v) is 9.51. The average Bonchev–Trinajstić information content (AvgIpc) is 3.42. The zero-order valence-electron chi connectivity index (χ0n) is 21.5. The highest BCUT2D eigenvalue weighted by molar-refractivity contribution is 7.89. The maximum atomic E-state index is 13.8. The number of anilines is 1. The number of aryl methyl sites for hydroxylation is 3. The molecule has 0 saturated heterocycles. The van der Waals surface area contributed by atoms with Crippen molar-refractivity contribution in [2.24, 2.45) is 0 Å². The third-order valence-electron chi connectivity index (χ3n) is 6.20. The van der Waals surface area contributed by atoms with Crippen LogP contribution in [0.4, 0.5) is 5.13 Å². The van der Waals surface area contributed by atoms with Crippen LogP contribution in [0.2, 0.25) is 5.02 Å². The second kappa shape index (κ2) is 10.9. The lowest BCUT2D eigenvalue weighted by atomic mass is 10.2. The number of nitrogens with zero attached hydrogens (tertiary/aromatic N) is 5. The molecule has 37 heavy (non-hydrogen) atoms. The fraction of sp³-hybridized carbons (Fsp3) is 0.346. The molecule has 2 aromatic heterocycles. The Labute approximate surface area is 226 Å². The van der Waals surface area contributed by atoms with Crippen LogP contribution in [0.15, 0.2) is 47.4 Å². The average molecular weight is 560 g/mol. The van der Waals surface area contributed by atoms with Gasteiger partial charge in [0, 0.05) is 35.9 Å². The number of hydrogen-bond donors (Lipinski definition) is 0. The molecule has 0 aliphatic carbocycles. The Morgan fingerprint density at radius 3 is 2.32 bits per heavy atom. The van der Waals surface area contributed by atoms with Gasteiger partial charge in [-0.05, 0) is 68.8 Å². The molecule has 0 aliphatic rings. The van der Waals surface area contributed by atoms with Gasteiger partial charge in [-0.25, -0.2) is 13.4 Å². The predicted octanol–water partition coefficient (Wildman–Crippen LogP) is 5.45. The van der Waals surface area contributed by atoms with E-state index in [0.29, 0.717) is 41.9 Å². The summed E-state index contributed by atoms with van der Waals surface area (Å²) in [5.74, 6) is -0.267. The first-order valence-corrected chi connectivity index (χ1v) is 14.7. The minimum Gasteiger partial charge on any atom is -0.282 e. The molecule has 2 heterocycles. The minimum absolute atomic E-state index is 0.159. The maximum absolute atomic E-state index is 13.8. The summed E-state index contributed by atoms with van der Waals surface area (Å²) >= 11 is 7.66. The Balaban J connectivity index is 1.70. The summed E-state index contributed by atoms with van der Waals surface area (Å²) in [4.78, 5) is 20.3. The molecule has 0 radical (unpaired) electrons. The lowest BCUT2D eigenvalue weighted by Crippen LogP contribution is -2.34. The highest BCUT2D eigenvalue weighted by Gasteiger charge is 2.25. The van der Waals surface area contributed by atoms with Crippen LogP contribution < -0.4 is 4.90 Å². The Morgan fingerprint density at radius 2 is 1.73 bits per heavy atom. The topological polar surface area (TPSA) is 88.4 Å². The number of carbonyl (C=O) groups excluding carboxylic acids is 1. The SMILES string of the molecule is CCN(CC)S(=O)(=O)c1ccc(C(=O)N(CCn2nc(C)cc2C)c2nc3c(C)cc(Cl)cc3s2)cc1. The molecule has 4 aromatic rings. The molecule has 196 valence electrons. The largest absolute Gasteiger partial charge is 0.282 e. The van der Waals surface area contributed by atoms with Crippen LogP contribution >= 0.6 is 22.9 Å². The van der Waals surface area contributed by atoms with Crippen molar-refractivity contribution in [1.29, 1.82) is 0 Å². The van der Waals surface area contributed by atoms with Gasteiger partial charge in [0.25, 0.3) is 5.91 Å². The van der Waals surface area contributed by atoms with Crippen LogP contribution in [0.1, 0.15) is 41.2 Å². The number of benzene rings is 2. The maximum Gasteiger partial charge on any atom is 0.260 e. The molecule has 1 amide bonds. The molecule has 4 rings (SSSR count). The molecule has 0 N–H and O–H groups in total. The van der Waals surface area contributed by atoms with Crippen molar-refractivity contribution in [1.82, 2.24) is 19.1 Å². The van der Waals surface area contributed by atoms with E-state index in [4.69, 9.17) is 16.6 Å². The van der Waals surface area contributed by atoms with E-state index in [0.717, 1.165) is 27.2 Å². The van der Waals surface area contributed by atoms with Crippen molar-refractivity contribution in [2.75, 3.05) is 24.5 Å². The van der Waals surface area contributed by atoms with Crippen LogP contribution in [-0.4, -0.2) is 53.0 Å². The number of carbonyl (C=O) groups is 1.